The lowest BCUT2D eigenvalue weighted by molar-refractivity contribution is -0.133. The van der Waals surface area contributed by atoms with Gasteiger partial charge in [0.25, 0.3) is 15.9 Å². The zero-order valence-corrected chi connectivity index (χ0v) is 17.0. The van der Waals surface area contributed by atoms with E-state index in [0.29, 0.717) is 23.4 Å². The molecule has 3 rings (SSSR count). The Kier molecular flexibility index (Phi) is 5.90. The molecule has 3 N–H and O–H groups in total. The van der Waals surface area contributed by atoms with Crippen molar-refractivity contribution in [2.24, 2.45) is 5.73 Å². The number of aryl methyl sites for hydroxylation is 2. The Balaban J connectivity index is 1.74. The lowest BCUT2D eigenvalue weighted by Crippen LogP contribution is -2.50. The quantitative estimate of drug-likeness (QED) is 0.763. The number of nitrogens with zero attached hydrogens (tertiary/aromatic N) is 1. The minimum absolute atomic E-state index is 0.0924. The van der Waals surface area contributed by atoms with Crippen molar-refractivity contribution < 1.29 is 22.7 Å². The van der Waals surface area contributed by atoms with Crippen LogP contribution < -0.4 is 10.5 Å². The number of ether oxygens (including phenoxy) is 1. The second kappa shape index (κ2) is 8.22. The first-order valence-electron chi connectivity index (χ1n) is 9.08. The van der Waals surface area contributed by atoms with E-state index in [1.807, 2.05) is 13.0 Å². The average molecular weight is 417 g/mol. The first-order chi connectivity index (χ1) is 13.7. The third kappa shape index (κ3) is 4.75. The maximum absolute atomic E-state index is 12.7. The summed E-state index contributed by atoms with van der Waals surface area (Å²) in [5.74, 6) is -0.887. The molecule has 1 fully saturated rings. The van der Waals surface area contributed by atoms with E-state index in [0.717, 1.165) is 5.56 Å². The Morgan fingerprint density at radius 3 is 2.48 bits per heavy atom. The lowest BCUT2D eigenvalue weighted by Gasteiger charge is -2.31. The van der Waals surface area contributed by atoms with Crippen molar-refractivity contribution >= 4 is 27.5 Å². The van der Waals surface area contributed by atoms with E-state index in [-0.39, 0.29) is 24.0 Å². The number of nitrogens with one attached hydrogen (secondary N) is 1. The number of hydrogen-bond donors (Lipinski definition) is 2. The Hall–Kier alpha value is -2.91. The van der Waals surface area contributed by atoms with Crippen molar-refractivity contribution in [2.45, 2.75) is 24.8 Å². The number of amides is 2. The number of benzene rings is 2. The highest BCUT2D eigenvalue weighted by molar-refractivity contribution is 7.92. The van der Waals surface area contributed by atoms with Crippen molar-refractivity contribution in [1.29, 1.82) is 0 Å². The molecule has 29 heavy (non-hydrogen) atoms. The van der Waals surface area contributed by atoms with Crippen molar-refractivity contribution in [3.8, 4) is 0 Å². The number of nitrogens with two attached hydrogens (primary N) is 1. The molecule has 2 amide bonds. The summed E-state index contributed by atoms with van der Waals surface area (Å²) in [5.41, 5.74) is 7.46. The predicted molar refractivity (Wildman–Crippen MR) is 108 cm³/mol. The fourth-order valence-corrected chi connectivity index (χ4v) is 4.47. The fourth-order valence-electron chi connectivity index (χ4n) is 3.08. The van der Waals surface area contributed by atoms with E-state index in [1.54, 1.807) is 19.1 Å². The van der Waals surface area contributed by atoms with Crippen LogP contribution in [0.1, 0.15) is 21.5 Å². The number of primary amides is 1. The fraction of sp³-hybridized carbons (Fsp3) is 0.300. The molecule has 9 heteroatoms. The standard InChI is InChI=1S/C20H23N3O5S/c1-13-3-4-14(2)18(11-13)29(26,27)22-16-7-5-15(6-8-16)20(25)23-9-10-28-17(12-23)19(21)24/h3-8,11,17,22H,9-10,12H2,1-2H3,(H2,21,24). The van der Waals surface area contributed by atoms with Crippen LogP contribution in [0, 0.1) is 13.8 Å². The molecule has 2 aromatic carbocycles. The molecule has 1 atom stereocenters. The van der Waals surface area contributed by atoms with Gasteiger partial charge in [0, 0.05) is 17.8 Å². The van der Waals surface area contributed by atoms with Gasteiger partial charge in [0.15, 0.2) is 6.10 Å². The van der Waals surface area contributed by atoms with E-state index in [1.165, 1.54) is 29.2 Å². The maximum Gasteiger partial charge on any atom is 0.262 e. The Bertz CT molecular complexity index is 1030. The summed E-state index contributed by atoms with van der Waals surface area (Å²) in [7, 11) is -3.75. The molecule has 0 bridgehead atoms. The Morgan fingerprint density at radius 1 is 1.14 bits per heavy atom. The van der Waals surface area contributed by atoms with Crippen molar-refractivity contribution in [1.82, 2.24) is 4.90 Å². The van der Waals surface area contributed by atoms with Gasteiger partial charge in [-0.05, 0) is 55.3 Å². The third-order valence-corrected chi connectivity index (χ3v) is 6.21. The van der Waals surface area contributed by atoms with Gasteiger partial charge in [-0.25, -0.2) is 8.42 Å². The molecule has 0 radical (unpaired) electrons. The van der Waals surface area contributed by atoms with Crippen LogP contribution in [0.15, 0.2) is 47.4 Å². The molecule has 154 valence electrons. The number of carbonyl (C=O) groups is 2. The van der Waals surface area contributed by atoms with Gasteiger partial charge in [0.05, 0.1) is 18.0 Å². The first kappa shape index (κ1) is 20.8. The predicted octanol–water partition coefficient (Wildman–Crippen LogP) is 1.43. The molecular formula is C20H23N3O5S. The SMILES string of the molecule is Cc1ccc(C)c(S(=O)(=O)Nc2ccc(C(=O)N3CCOC(C(N)=O)C3)cc2)c1. The van der Waals surface area contributed by atoms with Gasteiger partial charge < -0.3 is 15.4 Å². The van der Waals surface area contributed by atoms with Gasteiger partial charge >= 0.3 is 0 Å². The van der Waals surface area contributed by atoms with E-state index >= 15 is 0 Å². The minimum Gasteiger partial charge on any atom is -0.367 e. The van der Waals surface area contributed by atoms with Crippen molar-refractivity contribution in [2.75, 3.05) is 24.4 Å². The van der Waals surface area contributed by atoms with Gasteiger partial charge in [-0.2, -0.15) is 0 Å². The van der Waals surface area contributed by atoms with E-state index < -0.39 is 22.0 Å². The highest BCUT2D eigenvalue weighted by atomic mass is 32.2. The van der Waals surface area contributed by atoms with Gasteiger partial charge in [-0.1, -0.05) is 12.1 Å². The zero-order chi connectivity index (χ0) is 21.2. The molecule has 1 saturated heterocycles. The number of anilines is 1. The summed E-state index contributed by atoms with van der Waals surface area (Å²) in [6.45, 7) is 4.23. The van der Waals surface area contributed by atoms with Crippen LogP contribution in [0.25, 0.3) is 0 Å². The molecule has 8 nitrogen and oxygen atoms in total. The Morgan fingerprint density at radius 2 is 1.83 bits per heavy atom. The van der Waals surface area contributed by atoms with Gasteiger partial charge in [0.1, 0.15) is 0 Å². The molecule has 2 aromatic rings. The number of carbonyl (C=O) groups excluding carboxylic acids is 2. The lowest BCUT2D eigenvalue weighted by atomic mass is 10.1. The summed E-state index contributed by atoms with van der Waals surface area (Å²) in [5, 5.41) is 0. The normalized spacial score (nSPS) is 17.0. The summed E-state index contributed by atoms with van der Waals surface area (Å²) in [4.78, 5) is 25.6. The highest BCUT2D eigenvalue weighted by Crippen LogP contribution is 2.21. The molecule has 0 saturated carbocycles. The van der Waals surface area contributed by atoms with Gasteiger partial charge in [-0.3, -0.25) is 14.3 Å². The second-order valence-electron chi connectivity index (χ2n) is 6.96. The van der Waals surface area contributed by atoms with Crippen LogP contribution in [-0.4, -0.2) is 50.9 Å². The number of morpholine rings is 1. The number of sulfonamides is 1. The largest absolute Gasteiger partial charge is 0.367 e. The van der Waals surface area contributed by atoms with Gasteiger partial charge in [0.2, 0.25) is 5.91 Å². The smallest absolute Gasteiger partial charge is 0.262 e. The number of hydrogen-bond acceptors (Lipinski definition) is 5. The topological polar surface area (TPSA) is 119 Å². The minimum atomic E-state index is -3.75. The molecule has 1 unspecified atom stereocenters. The monoisotopic (exact) mass is 417 g/mol. The molecule has 0 aliphatic carbocycles. The van der Waals surface area contributed by atoms with Crippen LogP contribution in [0.2, 0.25) is 0 Å². The summed E-state index contributed by atoms with van der Waals surface area (Å²) >= 11 is 0. The Labute approximate surface area is 169 Å². The van der Waals surface area contributed by atoms with Crippen LogP contribution in [0.5, 0.6) is 0 Å². The van der Waals surface area contributed by atoms with E-state index in [4.69, 9.17) is 10.5 Å². The molecular weight excluding hydrogens is 394 g/mol. The van der Waals surface area contributed by atoms with Crippen LogP contribution in [0.3, 0.4) is 0 Å². The third-order valence-electron chi connectivity index (χ3n) is 4.69. The molecule has 0 aromatic heterocycles. The van der Waals surface area contributed by atoms with Crippen LogP contribution in [0.4, 0.5) is 5.69 Å². The van der Waals surface area contributed by atoms with E-state index in [9.17, 15) is 18.0 Å². The highest BCUT2D eigenvalue weighted by Gasteiger charge is 2.28. The number of rotatable bonds is 5. The zero-order valence-electron chi connectivity index (χ0n) is 16.2. The van der Waals surface area contributed by atoms with Crippen LogP contribution >= 0.6 is 0 Å². The van der Waals surface area contributed by atoms with Gasteiger partial charge in [-0.15, -0.1) is 0 Å². The second-order valence-corrected chi connectivity index (χ2v) is 8.62. The summed E-state index contributed by atoms with van der Waals surface area (Å²) < 4.78 is 33.2. The summed E-state index contributed by atoms with van der Waals surface area (Å²) in [6, 6.07) is 11.4. The van der Waals surface area contributed by atoms with Crippen LogP contribution in [-0.2, 0) is 19.6 Å². The van der Waals surface area contributed by atoms with Crippen molar-refractivity contribution in [3.63, 3.8) is 0 Å². The summed E-state index contributed by atoms with van der Waals surface area (Å²) in [6.07, 6.45) is -0.823. The first-order valence-corrected chi connectivity index (χ1v) is 10.6. The average Bonchev–Trinajstić information content (AvgIpc) is 2.69. The molecule has 1 aliphatic rings. The van der Waals surface area contributed by atoms with E-state index in [2.05, 4.69) is 4.72 Å². The molecule has 1 aliphatic heterocycles. The maximum atomic E-state index is 12.7. The molecule has 0 spiro atoms. The van der Waals surface area contributed by atoms with Crippen molar-refractivity contribution in [3.05, 3.63) is 59.2 Å². The molecule has 1 heterocycles.